The Labute approximate surface area is 108 Å². The van der Waals surface area contributed by atoms with E-state index in [2.05, 4.69) is 23.3 Å². The molecule has 1 aromatic heterocycles. The molecule has 0 saturated carbocycles. The van der Waals surface area contributed by atoms with E-state index >= 15 is 0 Å². The maximum absolute atomic E-state index is 5.37. The summed E-state index contributed by atoms with van der Waals surface area (Å²) >= 11 is 0. The Morgan fingerprint density at radius 2 is 2.17 bits per heavy atom. The summed E-state index contributed by atoms with van der Waals surface area (Å²) < 4.78 is 7.38. The van der Waals surface area contributed by atoms with Gasteiger partial charge in [0, 0.05) is 31.0 Å². The minimum Gasteiger partial charge on any atom is -0.496 e. The van der Waals surface area contributed by atoms with Gasteiger partial charge in [0.1, 0.15) is 11.6 Å². The molecule has 0 aliphatic carbocycles. The summed E-state index contributed by atoms with van der Waals surface area (Å²) in [6.07, 6.45) is 3.76. The van der Waals surface area contributed by atoms with Crippen molar-refractivity contribution in [3.63, 3.8) is 0 Å². The van der Waals surface area contributed by atoms with Crippen molar-refractivity contribution in [1.29, 1.82) is 0 Å². The molecule has 2 rings (SSSR count). The summed E-state index contributed by atoms with van der Waals surface area (Å²) in [5, 5.41) is 3.45. The van der Waals surface area contributed by atoms with Gasteiger partial charge in [-0.25, -0.2) is 4.98 Å². The predicted octanol–water partition coefficient (Wildman–Crippen LogP) is 2.28. The van der Waals surface area contributed by atoms with Crippen LogP contribution in [-0.2, 0) is 13.6 Å². The predicted molar refractivity (Wildman–Crippen MR) is 71.5 cm³/mol. The lowest BCUT2D eigenvalue weighted by molar-refractivity contribution is 0.401. The number of nitrogens with zero attached hydrogens (tertiary/aromatic N) is 2. The van der Waals surface area contributed by atoms with Gasteiger partial charge in [0.25, 0.3) is 0 Å². The zero-order valence-electron chi connectivity index (χ0n) is 11.1. The second kappa shape index (κ2) is 5.69. The van der Waals surface area contributed by atoms with Gasteiger partial charge < -0.3 is 14.6 Å². The Bertz CT molecular complexity index is 507. The molecular formula is C14H19N3O. The number of nitrogens with one attached hydrogen (secondary N) is 1. The zero-order chi connectivity index (χ0) is 13.0. The van der Waals surface area contributed by atoms with Gasteiger partial charge in [-0.2, -0.15) is 0 Å². The third-order valence-corrected chi connectivity index (χ3v) is 3.09. The van der Waals surface area contributed by atoms with Crippen LogP contribution in [0, 0.1) is 0 Å². The van der Waals surface area contributed by atoms with Gasteiger partial charge in [-0.05, 0) is 13.0 Å². The lowest BCUT2D eigenvalue weighted by Crippen LogP contribution is -2.20. The highest BCUT2D eigenvalue weighted by atomic mass is 16.5. The van der Waals surface area contributed by atoms with E-state index in [1.807, 2.05) is 42.2 Å². The van der Waals surface area contributed by atoms with Gasteiger partial charge in [0.15, 0.2) is 0 Å². The third kappa shape index (κ3) is 2.71. The molecule has 0 aliphatic heterocycles. The summed E-state index contributed by atoms with van der Waals surface area (Å²) in [6.45, 7) is 2.86. The van der Waals surface area contributed by atoms with Gasteiger partial charge in [0.2, 0.25) is 0 Å². The van der Waals surface area contributed by atoms with Gasteiger partial charge >= 0.3 is 0 Å². The number of para-hydroxylation sites is 1. The Morgan fingerprint density at radius 3 is 2.83 bits per heavy atom. The van der Waals surface area contributed by atoms with Crippen LogP contribution in [0.2, 0.25) is 0 Å². The van der Waals surface area contributed by atoms with Crippen molar-refractivity contribution in [1.82, 2.24) is 14.9 Å². The maximum Gasteiger partial charge on any atom is 0.123 e. The maximum atomic E-state index is 5.37. The van der Waals surface area contributed by atoms with Crippen LogP contribution in [0.1, 0.15) is 24.4 Å². The Balaban J connectivity index is 2.03. The van der Waals surface area contributed by atoms with Gasteiger partial charge in [-0.1, -0.05) is 18.2 Å². The van der Waals surface area contributed by atoms with E-state index in [-0.39, 0.29) is 6.04 Å². The van der Waals surface area contributed by atoms with Gasteiger partial charge in [-0.3, -0.25) is 0 Å². The molecule has 1 heterocycles. The van der Waals surface area contributed by atoms with Crippen LogP contribution in [0.3, 0.4) is 0 Å². The van der Waals surface area contributed by atoms with Crippen molar-refractivity contribution in [3.8, 4) is 5.75 Å². The summed E-state index contributed by atoms with van der Waals surface area (Å²) in [5.41, 5.74) is 1.16. The van der Waals surface area contributed by atoms with E-state index in [0.717, 1.165) is 23.7 Å². The monoisotopic (exact) mass is 245 g/mol. The third-order valence-electron chi connectivity index (χ3n) is 3.09. The minimum absolute atomic E-state index is 0.220. The van der Waals surface area contributed by atoms with Crippen LogP contribution in [0.25, 0.3) is 0 Å². The van der Waals surface area contributed by atoms with Crippen molar-refractivity contribution in [2.45, 2.75) is 19.5 Å². The minimum atomic E-state index is 0.220. The van der Waals surface area contributed by atoms with Crippen LogP contribution < -0.4 is 10.1 Å². The first-order chi connectivity index (χ1) is 8.72. The number of imidazole rings is 1. The molecule has 2 aromatic rings. The molecule has 0 spiro atoms. The van der Waals surface area contributed by atoms with E-state index < -0.39 is 0 Å². The lowest BCUT2D eigenvalue weighted by atomic mass is 10.1. The fraction of sp³-hybridized carbons (Fsp3) is 0.357. The number of hydrogen-bond acceptors (Lipinski definition) is 3. The Hall–Kier alpha value is -1.81. The normalized spacial score (nSPS) is 12.4. The lowest BCUT2D eigenvalue weighted by Gasteiger charge is -2.17. The summed E-state index contributed by atoms with van der Waals surface area (Å²) in [6, 6.07) is 8.28. The van der Waals surface area contributed by atoms with Crippen molar-refractivity contribution in [3.05, 3.63) is 48.0 Å². The second-order valence-electron chi connectivity index (χ2n) is 4.30. The second-order valence-corrected chi connectivity index (χ2v) is 4.30. The fourth-order valence-electron chi connectivity index (χ4n) is 1.95. The smallest absolute Gasteiger partial charge is 0.123 e. The van der Waals surface area contributed by atoms with E-state index in [4.69, 9.17) is 4.74 Å². The van der Waals surface area contributed by atoms with E-state index in [1.165, 1.54) is 0 Å². The Kier molecular flexibility index (Phi) is 3.99. The molecule has 4 heteroatoms. The molecule has 18 heavy (non-hydrogen) atoms. The average Bonchev–Trinajstić information content (AvgIpc) is 2.81. The largest absolute Gasteiger partial charge is 0.496 e. The number of aryl methyl sites for hydroxylation is 1. The van der Waals surface area contributed by atoms with Crippen molar-refractivity contribution < 1.29 is 4.74 Å². The number of ether oxygens (including phenoxy) is 1. The summed E-state index contributed by atoms with van der Waals surface area (Å²) in [4.78, 5) is 4.29. The average molecular weight is 245 g/mol. The van der Waals surface area contributed by atoms with Crippen LogP contribution in [-0.4, -0.2) is 16.7 Å². The first-order valence-corrected chi connectivity index (χ1v) is 6.05. The van der Waals surface area contributed by atoms with Crippen molar-refractivity contribution >= 4 is 0 Å². The highest BCUT2D eigenvalue weighted by molar-refractivity contribution is 5.35. The molecule has 1 N–H and O–H groups in total. The topological polar surface area (TPSA) is 39.1 Å². The molecule has 1 atom stereocenters. The quantitative estimate of drug-likeness (QED) is 0.878. The Morgan fingerprint density at radius 1 is 1.39 bits per heavy atom. The van der Waals surface area contributed by atoms with E-state index in [0.29, 0.717) is 0 Å². The highest BCUT2D eigenvalue weighted by Crippen LogP contribution is 2.24. The number of benzene rings is 1. The summed E-state index contributed by atoms with van der Waals surface area (Å²) in [7, 11) is 3.70. The SMILES string of the molecule is COc1ccccc1C(C)NCc1nccn1C. The molecular weight excluding hydrogens is 226 g/mol. The summed E-state index contributed by atoms with van der Waals surface area (Å²) in [5.74, 6) is 1.94. The number of hydrogen-bond donors (Lipinski definition) is 1. The van der Waals surface area contributed by atoms with E-state index in [9.17, 15) is 0 Å². The van der Waals surface area contributed by atoms with Crippen LogP contribution in [0.15, 0.2) is 36.7 Å². The molecule has 0 saturated heterocycles. The molecule has 96 valence electrons. The molecule has 1 unspecified atom stereocenters. The number of methoxy groups -OCH3 is 1. The van der Waals surface area contributed by atoms with Gasteiger partial charge in [-0.15, -0.1) is 0 Å². The fourth-order valence-corrected chi connectivity index (χ4v) is 1.95. The van der Waals surface area contributed by atoms with Crippen molar-refractivity contribution in [2.24, 2.45) is 7.05 Å². The molecule has 1 aromatic carbocycles. The number of aromatic nitrogens is 2. The van der Waals surface area contributed by atoms with Crippen LogP contribution >= 0.6 is 0 Å². The first kappa shape index (κ1) is 12.6. The number of rotatable bonds is 5. The molecule has 0 fully saturated rings. The van der Waals surface area contributed by atoms with Crippen molar-refractivity contribution in [2.75, 3.05) is 7.11 Å². The molecule has 4 nitrogen and oxygen atoms in total. The van der Waals surface area contributed by atoms with Crippen LogP contribution in [0.4, 0.5) is 0 Å². The standard InChI is InChI=1S/C14H19N3O/c1-11(12-6-4-5-7-13(12)18-3)16-10-14-15-8-9-17(14)2/h4-9,11,16H,10H2,1-3H3. The van der Waals surface area contributed by atoms with E-state index in [1.54, 1.807) is 7.11 Å². The molecule has 0 aliphatic rings. The molecule has 0 amide bonds. The molecule has 0 bridgehead atoms. The highest BCUT2D eigenvalue weighted by Gasteiger charge is 2.10. The molecule has 0 radical (unpaired) electrons. The van der Waals surface area contributed by atoms with Crippen LogP contribution in [0.5, 0.6) is 5.75 Å². The zero-order valence-corrected chi connectivity index (χ0v) is 11.1. The van der Waals surface area contributed by atoms with Gasteiger partial charge in [0.05, 0.1) is 13.7 Å². The first-order valence-electron chi connectivity index (χ1n) is 6.05.